The lowest BCUT2D eigenvalue weighted by Gasteiger charge is -2.15. The van der Waals surface area contributed by atoms with Crippen molar-refractivity contribution in [2.24, 2.45) is 0 Å². The number of amides is 2. The van der Waals surface area contributed by atoms with Gasteiger partial charge >= 0.3 is 0 Å². The Kier molecular flexibility index (Phi) is 6.34. The lowest BCUT2D eigenvalue weighted by molar-refractivity contribution is -0.121. The predicted octanol–water partition coefficient (Wildman–Crippen LogP) is 2.70. The van der Waals surface area contributed by atoms with Crippen molar-refractivity contribution in [3.8, 4) is 5.75 Å². The molecule has 1 fully saturated rings. The summed E-state index contributed by atoms with van der Waals surface area (Å²) in [6.45, 7) is 6.04. The van der Waals surface area contributed by atoms with E-state index in [1.165, 1.54) is 0 Å². The second-order valence-corrected chi connectivity index (χ2v) is 7.20. The highest BCUT2D eigenvalue weighted by Crippen LogP contribution is 2.21. The summed E-state index contributed by atoms with van der Waals surface area (Å²) in [5.74, 6) is 1.15. The summed E-state index contributed by atoms with van der Waals surface area (Å²) in [6.07, 6.45) is 2.74. The molecule has 1 saturated carbocycles. The first-order valence-electron chi connectivity index (χ1n) is 9.71. The number of carbonyl (C=O) groups excluding carboxylic acids is 2. The van der Waals surface area contributed by atoms with E-state index < -0.39 is 0 Å². The van der Waals surface area contributed by atoms with E-state index in [9.17, 15) is 9.59 Å². The fourth-order valence-corrected chi connectivity index (χ4v) is 3.64. The fraction of sp³-hybridized carbons (Fsp3) is 0.476. The van der Waals surface area contributed by atoms with Crippen LogP contribution in [0, 0.1) is 13.8 Å². The molecule has 7 nitrogen and oxygen atoms in total. The Bertz CT molecular complexity index is 809. The third-order valence-electron chi connectivity index (χ3n) is 4.99. The van der Waals surface area contributed by atoms with Crippen LogP contribution in [0.5, 0.6) is 5.75 Å². The molecule has 2 aromatic rings. The number of rotatable bonds is 7. The van der Waals surface area contributed by atoms with Crippen LogP contribution in [-0.4, -0.2) is 35.7 Å². The molecule has 0 saturated heterocycles. The molecular weight excluding hydrogens is 358 g/mol. The Balaban J connectivity index is 1.46. The standard InChI is InChI=1S/C21H27N3O4/c1-4-27-18-9-5-15(6-10-18)11-19(25)22-16-7-8-17(12-16)23-21(26)20-13(2)24-28-14(20)3/h5-6,9-10,16-17H,4,7-8,11-12H2,1-3H3,(H,22,25)(H,23,26)/t16-,17+/m0/s1. The molecule has 0 radical (unpaired) electrons. The second kappa shape index (κ2) is 8.91. The van der Waals surface area contributed by atoms with E-state index in [-0.39, 0.29) is 23.9 Å². The van der Waals surface area contributed by atoms with E-state index in [0.29, 0.717) is 30.0 Å². The molecule has 1 aromatic carbocycles. The lowest BCUT2D eigenvalue weighted by atomic mass is 10.1. The average Bonchev–Trinajstić information content (AvgIpc) is 3.22. The van der Waals surface area contributed by atoms with E-state index in [4.69, 9.17) is 9.26 Å². The summed E-state index contributed by atoms with van der Waals surface area (Å²) in [5.41, 5.74) is 2.04. The van der Waals surface area contributed by atoms with Crippen molar-refractivity contribution in [2.75, 3.05) is 6.61 Å². The molecule has 3 rings (SSSR count). The van der Waals surface area contributed by atoms with E-state index in [2.05, 4.69) is 15.8 Å². The summed E-state index contributed by atoms with van der Waals surface area (Å²) in [5, 5.41) is 9.93. The van der Waals surface area contributed by atoms with Crippen molar-refractivity contribution in [3.63, 3.8) is 0 Å². The third-order valence-corrected chi connectivity index (χ3v) is 4.99. The molecular formula is C21H27N3O4. The first kappa shape index (κ1) is 19.9. The van der Waals surface area contributed by atoms with Gasteiger partial charge in [0, 0.05) is 12.1 Å². The number of aromatic nitrogens is 1. The van der Waals surface area contributed by atoms with Gasteiger partial charge in [-0.15, -0.1) is 0 Å². The van der Waals surface area contributed by atoms with Gasteiger partial charge in [-0.3, -0.25) is 9.59 Å². The largest absolute Gasteiger partial charge is 0.494 e. The maximum absolute atomic E-state index is 12.4. The Morgan fingerprint density at radius 1 is 1.14 bits per heavy atom. The number of ether oxygens (including phenoxy) is 1. The molecule has 2 atom stereocenters. The van der Waals surface area contributed by atoms with Gasteiger partial charge in [-0.05, 0) is 57.7 Å². The van der Waals surface area contributed by atoms with E-state index in [0.717, 1.165) is 30.6 Å². The van der Waals surface area contributed by atoms with Crippen LogP contribution in [0.3, 0.4) is 0 Å². The van der Waals surface area contributed by atoms with Crippen LogP contribution < -0.4 is 15.4 Å². The average molecular weight is 385 g/mol. The van der Waals surface area contributed by atoms with E-state index >= 15 is 0 Å². The minimum Gasteiger partial charge on any atom is -0.494 e. The number of benzene rings is 1. The molecule has 0 aliphatic heterocycles. The van der Waals surface area contributed by atoms with Crippen LogP contribution >= 0.6 is 0 Å². The molecule has 7 heteroatoms. The summed E-state index contributed by atoms with van der Waals surface area (Å²) in [7, 11) is 0. The second-order valence-electron chi connectivity index (χ2n) is 7.20. The van der Waals surface area contributed by atoms with E-state index in [1.54, 1.807) is 13.8 Å². The van der Waals surface area contributed by atoms with Crippen LogP contribution in [0.15, 0.2) is 28.8 Å². The maximum atomic E-state index is 12.4. The normalized spacial score (nSPS) is 18.7. The Morgan fingerprint density at radius 2 is 1.82 bits per heavy atom. The van der Waals surface area contributed by atoms with Gasteiger partial charge in [-0.2, -0.15) is 0 Å². The summed E-state index contributed by atoms with van der Waals surface area (Å²) < 4.78 is 10.5. The molecule has 28 heavy (non-hydrogen) atoms. The number of aryl methyl sites for hydroxylation is 2. The molecule has 150 valence electrons. The molecule has 0 spiro atoms. The van der Waals surface area contributed by atoms with Gasteiger partial charge in [0.2, 0.25) is 5.91 Å². The number of carbonyl (C=O) groups is 2. The first-order chi connectivity index (χ1) is 13.5. The van der Waals surface area contributed by atoms with Gasteiger partial charge < -0.3 is 19.9 Å². The topological polar surface area (TPSA) is 93.5 Å². The quantitative estimate of drug-likeness (QED) is 0.764. The molecule has 2 N–H and O–H groups in total. The SMILES string of the molecule is CCOc1ccc(CC(=O)N[C@H]2CC[C@@H](NC(=O)c3c(C)noc3C)C2)cc1. The molecule has 1 aliphatic carbocycles. The van der Waals surface area contributed by atoms with Crippen LogP contribution in [0.25, 0.3) is 0 Å². The minimum atomic E-state index is -0.164. The van der Waals surface area contributed by atoms with Gasteiger partial charge in [0.1, 0.15) is 17.1 Å². The zero-order valence-electron chi connectivity index (χ0n) is 16.6. The van der Waals surface area contributed by atoms with E-state index in [1.807, 2.05) is 31.2 Å². The number of hydrogen-bond donors (Lipinski definition) is 2. The molecule has 0 unspecified atom stereocenters. The molecule has 1 heterocycles. The number of hydrogen-bond acceptors (Lipinski definition) is 5. The zero-order valence-corrected chi connectivity index (χ0v) is 16.6. The van der Waals surface area contributed by atoms with Crippen molar-refractivity contribution in [2.45, 2.75) is 58.5 Å². The van der Waals surface area contributed by atoms with Crippen molar-refractivity contribution in [3.05, 3.63) is 46.8 Å². The first-order valence-corrected chi connectivity index (χ1v) is 9.71. The molecule has 1 aliphatic rings. The van der Waals surface area contributed by atoms with Crippen molar-refractivity contribution in [1.82, 2.24) is 15.8 Å². The Morgan fingerprint density at radius 3 is 2.43 bits per heavy atom. The number of nitrogens with one attached hydrogen (secondary N) is 2. The van der Waals surface area contributed by atoms with Crippen molar-refractivity contribution >= 4 is 11.8 Å². The highest BCUT2D eigenvalue weighted by atomic mass is 16.5. The lowest BCUT2D eigenvalue weighted by Crippen LogP contribution is -2.37. The third kappa shape index (κ3) is 4.91. The van der Waals surface area contributed by atoms with Crippen LogP contribution in [0.4, 0.5) is 0 Å². The van der Waals surface area contributed by atoms with Crippen LogP contribution in [0.1, 0.15) is 53.6 Å². The minimum absolute atomic E-state index is 0.00754. The number of nitrogens with zero attached hydrogens (tertiary/aromatic N) is 1. The monoisotopic (exact) mass is 385 g/mol. The molecule has 0 bridgehead atoms. The zero-order chi connectivity index (χ0) is 20.1. The highest BCUT2D eigenvalue weighted by molar-refractivity contribution is 5.96. The fourth-order valence-electron chi connectivity index (χ4n) is 3.64. The maximum Gasteiger partial charge on any atom is 0.257 e. The predicted molar refractivity (Wildman–Crippen MR) is 104 cm³/mol. The Labute approximate surface area is 164 Å². The van der Waals surface area contributed by atoms with Gasteiger partial charge in [0.15, 0.2) is 0 Å². The van der Waals surface area contributed by atoms with Crippen LogP contribution in [-0.2, 0) is 11.2 Å². The summed E-state index contributed by atoms with van der Waals surface area (Å²) in [6, 6.07) is 7.68. The smallest absolute Gasteiger partial charge is 0.257 e. The highest BCUT2D eigenvalue weighted by Gasteiger charge is 2.28. The summed E-state index contributed by atoms with van der Waals surface area (Å²) >= 11 is 0. The molecule has 2 amide bonds. The van der Waals surface area contributed by atoms with Crippen molar-refractivity contribution < 1.29 is 18.8 Å². The summed E-state index contributed by atoms with van der Waals surface area (Å²) in [4.78, 5) is 24.8. The van der Waals surface area contributed by atoms with Crippen molar-refractivity contribution in [1.29, 1.82) is 0 Å². The Hall–Kier alpha value is -2.83. The van der Waals surface area contributed by atoms with Gasteiger partial charge in [0.05, 0.1) is 18.7 Å². The molecule has 1 aromatic heterocycles. The van der Waals surface area contributed by atoms with Gasteiger partial charge in [-0.25, -0.2) is 0 Å². The van der Waals surface area contributed by atoms with Gasteiger partial charge in [0.25, 0.3) is 5.91 Å². The van der Waals surface area contributed by atoms with Crippen LogP contribution in [0.2, 0.25) is 0 Å². The van der Waals surface area contributed by atoms with Gasteiger partial charge in [-0.1, -0.05) is 17.3 Å².